The summed E-state index contributed by atoms with van der Waals surface area (Å²) in [7, 11) is 0. The molecule has 0 fully saturated rings. The third kappa shape index (κ3) is 4.36. The SMILES string of the molecule is CCC(C)c1cc[c-]cc1.[Au].[SH-]. The van der Waals surface area contributed by atoms with E-state index in [1.165, 1.54) is 12.0 Å². The zero-order valence-electron chi connectivity index (χ0n) is 7.34. The first-order chi connectivity index (χ1) is 4.84. The first-order valence-electron chi connectivity index (χ1n) is 3.80. The number of rotatable bonds is 2. The Bertz CT molecular complexity index is 186. The molecule has 0 aliphatic rings. The van der Waals surface area contributed by atoms with Gasteiger partial charge in [0.25, 0.3) is 0 Å². The first kappa shape index (κ1) is 14.8. The molecule has 0 aliphatic heterocycles. The molecular weight excluding hydrogens is 349 g/mol. The summed E-state index contributed by atoms with van der Waals surface area (Å²) in [6.45, 7) is 4.46. The van der Waals surface area contributed by atoms with Crippen LogP contribution in [-0.2, 0) is 35.9 Å². The zero-order valence-corrected chi connectivity index (χ0v) is 10.4. The molecule has 1 aromatic rings. The van der Waals surface area contributed by atoms with Gasteiger partial charge in [-0.05, 0) is 5.92 Å². The molecule has 0 heterocycles. The van der Waals surface area contributed by atoms with Crippen molar-refractivity contribution in [1.29, 1.82) is 0 Å². The van der Waals surface area contributed by atoms with Gasteiger partial charge in [0.05, 0.1) is 0 Å². The molecular formula is C10H14AuS-2. The minimum absolute atomic E-state index is 0. The quantitative estimate of drug-likeness (QED) is 0.337. The summed E-state index contributed by atoms with van der Waals surface area (Å²) in [5.74, 6) is 0.689. The molecule has 0 aromatic heterocycles. The molecule has 0 saturated heterocycles. The standard InChI is InChI=1S/C10H13.Au.H2S/c1-3-9(2)10-7-5-4-6-8-10;;/h5-9H,3H2,1-2H3;;1H2/q-1;;/p-1. The van der Waals surface area contributed by atoms with Gasteiger partial charge in [-0.15, -0.1) is 0 Å². The van der Waals surface area contributed by atoms with Crippen LogP contribution in [0.2, 0.25) is 0 Å². The maximum atomic E-state index is 3.01. The molecule has 0 bridgehead atoms. The van der Waals surface area contributed by atoms with Crippen LogP contribution >= 0.6 is 0 Å². The van der Waals surface area contributed by atoms with E-state index < -0.39 is 0 Å². The van der Waals surface area contributed by atoms with Gasteiger partial charge in [0.15, 0.2) is 0 Å². The normalized spacial score (nSPS) is 10.8. The second kappa shape index (κ2) is 7.93. The van der Waals surface area contributed by atoms with Crippen LogP contribution in [0.3, 0.4) is 0 Å². The number of benzene rings is 1. The molecule has 0 spiro atoms. The minimum atomic E-state index is 0. The Balaban J connectivity index is 0. The monoisotopic (exact) mass is 363 g/mol. The van der Waals surface area contributed by atoms with Crippen molar-refractivity contribution in [3.05, 3.63) is 35.9 Å². The van der Waals surface area contributed by atoms with Crippen LogP contribution in [0.5, 0.6) is 0 Å². The van der Waals surface area contributed by atoms with Gasteiger partial charge < -0.3 is 13.5 Å². The molecule has 1 rings (SSSR count). The molecule has 1 unspecified atom stereocenters. The molecule has 0 N–H and O–H groups in total. The van der Waals surface area contributed by atoms with Gasteiger partial charge in [-0.2, -0.15) is 35.9 Å². The van der Waals surface area contributed by atoms with Crippen molar-refractivity contribution in [2.75, 3.05) is 0 Å². The van der Waals surface area contributed by atoms with Crippen LogP contribution in [0.15, 0.2) is 24.3 Å². The van der Waals surface area contributed by atoms with E-state index in [1.54, 1.807) is 0 Å². The molecule has 2 heteroatoms. The molecule has 0 saturated carbocycles. The van der Waals surface area contributed by atoms with E-state index in [-0.39, 0.29) is 35.9 Å². The Morgan fingerprint density at radius 3 is 2.25 bits per heavy atom. The summed E-state index contributed by atoms with van der Waals surface area (Å²) in [5.41, 5.74) is 1.42. The van der Waals surface area contributed by atoms with Crippen molar-refractivity contribution >= 4 is 13.5 Å². The molecule has 0 aliphatic carbocycles. The summed E-state index contributed by atoms with van der Waals surface area (Å²) in [6, 6.07) is 11.2. The molecule has 1 radical (unpaired) electrons. The van der Waals surface area contributed by atoms with Crippen molar-refractivity contribution in [2.24, 2.45) is 0 Å². The van der Waals surface area contributed by atoms with Gasteiger partial charge in [0, 0.05) is 22.4 Å². The fourth-order valence-electron chi connectivity index (χ4n) is 0.964. The molecule has 12 heavy (non-hydrogen) atoms. The molecule has 0 amide bonds. The summed E-state index contributed by atoms with van der Waals surface area (Å²) >= 11 is 0. The van der Waals surface area contributed by atoms with Gasteiger partial charge in [0.2, 0.25) is 0 Å². The second-order valence-electron chi connectivity index (χ2n) is 2.64. The topological polar surface area (TPSA) is 0 Å². The van der Waals surface area contributed by atoms with E-state index in [0.29, 0.717) is 5.92 Å². The number of thiol groups is 1. The van der Waals surface area contributed by atoms with Crippen LogP contribution in [0.25, 0.3) is 0 Å². The van der Waals surface area contributed by atoms with Gasteiger partial charge in [-0.3, -0.25) is 0 Å². The van der Waals surface area contributed by atoms with Crippen molar-refractivity contribution in [2.45, 2.75) is 26.2 Å². The van der Waals surface area contributed by atoms with E-state index in [2.05, 4.69) is 32.0 Å². The molecule has 1 atom stereocenters. The second-order valence-corrected chi connectivity index (χ2v) is 2.64. The average molecular weight is 363 g/mol. The third-order valence-corrected chi connectivity index (χ3v) is 1.93. The Labute approximate surface area is 97.7 Å². The van der Waals surface area contributed by atoms with Crippen molar-refractivity contribution in [1.82, 2.24) is 0 Å². The summed E-state index contributed by atoms with van der Waals surface area (Å²) in [4.78, 5) is 0. The minimum Gasteiger partial charge on any atom is -0.813 e. The van der Waals surface area contributed by atoms with E-state index >= 15 is 0 Å². The Hall–Kier alpha value is 0.310. The van der Waals surface area contributed by atoms with E-state index in [0.717, 1.165) is 0 Å². The van der Waals surface area contributed by atoms with Crippen LogP contribution in [0, 0.1) is 6.07 Å². The van der Waals surface area contributed by atoms with Crippen molar-refractivity contribution < 1.29 is 22.4 Å². The van der Waals surface area contributed by atoms with E-state index in [4.69, 9.17) is 0 Å². The van der Waals surface area contributed by atoms with Crippen molar-refractivity contribution in [3.8, 4) is 0 Å². The number of hydrogen-bond donors (Lipinski definition) is 0. The number of hydrogen-bond acceptors (Lipinski definition) is 1. The maximum Gasteiger partial charge on any atom is 0 e. The van der Waals surface area contributed by atoms with Crippen LogP contribution < -0.4 is 0 Å². The van der Waals surface area contributed by atoms with Crippen LogP contribution in [0.1, 0.15) is 31.7 Å². The average Bonchev–Trinajstić information content (AvgIpc) is 2.05. The van der Waals surface area contributed by atoms with Crippen molar-refractivity contribution in [3.63, 3.8) is 0 Å². The maximum absolute atomic E-state index is 3.01. The van der Waals surface area contributed by atoms with E-state index in [1.807, 2.05) is 12.1 Å². The van der Waals surface area contributed by atoms with E-state index in [9.17, 15) is 0 Å². The first-order valence-corrected chi connectivity index (χ1v) is 3.80. The Kier molecular flexibility index (Phi) is 9.79. The zero-order chi connectivity index (χ0) is 7.40. The van der Waals surface area contributed by atoms with Crippen LogP contribution in [-0.4, -0.2) is 0 Å². The fourth-order valence-corrected chi connectivity index (χ4v) is 0.964. The summed E-state index contributed by atoms with van der Waals surface area (Å²) in [5, 5.41) is 0. The predicted octanol–water partition coefficient (Wildman–Crippen LogP) is 2.73. The predicted molar refractivity (Wildman–Crippen MR) is 52.7 cm³/mol. The summed E-state index contributed by atoms with van der Waals surface area (Å²) in [6.07, 6.45) is 1.21. The van der Waals surface area contributed by atoms with Crippen LogP contribution in [0.4, 0.5) is 0 Å². The van der Waals surface area contributed by atoms with Gasteiger partial charge in [-0.1, -0.05) is 20.3 Å². The molecule has 73 valence electrons. The Morgan fingerprint density at radius 1 is 1.33 bits per heavy atom. The Morgan fingerprint density at radius 2 is 1.83 bits per heavy atom. The van der Waals surface area contributed by atoms with Gasteiger partial charge >= 0.3 is 0 Å². The summed E-state index contributed by atoms with van der Waals surface area (Å²) < 4.78 is 0. The van der Waals surface area contributed by atoms with Gasteiger partial charge in [0.1, 0.15) is 0 Å². The smallest absolute Gasteiger partial charge is 0 e. The molecule has 1 aromatic carbocycles. The molecule has 0 nitrogen and oxygen atoms in total. The third-order valence-electron chi connectivity index (χ3n) is 1.93. The largest absolute Gasteiger partial charge is 0.813 e. The van der Waals surface area contributed by atoms with Gasteiger partial charge in [-0.25, -0.2) is 0 Å². The fraction of sp³-hybridized carbons (Fsp3) is 0.400.